The molecule has 1 aliphatic rings. The van der Waals surface area contributed by atoms with E-state index in [1.165, 1.54) is 13.2 Å². The number of nitrogens with zero attached hydrogens (tertiary/aromatic N) is 2. The molecule has 1 heterocycles. The molecule has 1 aromatic heterocycles. The molecule has 1 aliphatic carbocycles. The van der Waals surface area contributed by atoms with Crippen molar-refractivity contribution in [3.63, 3.8) is 0 Å². The van der Waals surface area contributed by atoms with E-state index in [2.05, 4.69) is 15.3 Å². The Kier molecular flexibility index (Phi) is 5.48. The molecule has 5 nitrogen and oxygen atoms in total. The third kappa shape index (κ3) is 4.07. The molecule has 1 N–H and O–H groups in total. The first-order valence-corrected chi connectivity index (χ1v) is 8.57. The van der Waals surface area contributed by atoms with Crippen LogP contribution in [0.4, 0.5) is 10.3 Å². The maximum atomic E-state index is 14.3. The fourth-order valence-corrected chi connectivity index (χ4v) is 3.31. The van der Waals surface area contributed by atoms with E-state index in [4.69, 9.17) is 9.47 Å². The van der Waals surface area contributed by atoms with E-state index < -0.39 is 0 Å². The summed E-state index contributed by atoms with van der Waals surface area (Å²) in [6.07, 6.45) is 6.23. The predicted octanol–water partition coefficient (Wildman–Crippen LogP) is 3.97. The minimum atomic E-state index is -0.345. The Bertz CT molecular complexity index is 739. The topological polar surface area (TPSA) is 56.3 Å². The van der Waals surface area contributed by atoms with E-state index in [1.54, 1.807) is 25.4 Å². The predicted molar refractivity (Wildman–Crippen MR) is 95.4 cm³/mol. The van der Waals surface area contributed by atoms with Crippen molar-refractivity contribution in [1.29, 1.82) is 0 Å². The molecule has 1 fully saturated rings. The Hall–Kier alpha value is -2.21. The lowest BCUT2D eigenvalue weighted by Crippen LogP contribution is -2.31. The summed E-state index contributed by atoms with van der Waals surface area (Å²) in [5, 5.41) is 3.38. The van der Waals surface area contributed by atoms with E-state index in [0.29, 0.717) is 35.0 Å². The van der Waals surface area contributed by atoms with Gasteiger partial charge in [-0.25, -0.2) is 14.4 Å². The normalized spacial score (nSPS) is 20.3. The Morgan fingerprint density at radius 2 is 2.04 bits per heavy atom. The highest BCUT2D eigenvalue weighted by atomic mass is 19.1. The lowest BCUT2D eigenvalue weighted by atomic mass is 9.93. The van der Waals surface area contributed by atoms with E-state index in [9.17, 15) is 4.39 Å². The molecular weight excluding hydrogens is 321 g/mol. The molecule has 134 valence electrons. The second kappa shape index (κ2) is 7.78. The van der Waals surface area contributed by atoms with Crippen LogP contribution >= 0.6 is 0 Å². The van der Waals surface area contributed by atoms with Crippen LogP contribution in [0.15, 0.2) is 24.4 Å². The number of aromatic nitrogens is 2. The van der Waals surface area contributed by atoms with Crippen LogP contribution in [0, 0.1) is 12.7 Å². The highest BCUT2D eigenvalue weighted by Gasteiger charge is 2.22. The lowest BCUT2D eigenvalue weighted by molar-refractivity contribution is 0.0668. The molecule has 0 radical (unpaired) electrons. The summed E-state index contributed by atoms with van der Waals surface area (Å²) in [7, 11) is 3.27. The summed E-state index contributed by atoms with van der Waals surface area (Å²) in [5.41, 5.74) is 1.90. The maximum Gasteiger partial charge on any atom is 0.223 e. The van der Waals surface area contributed by atoms with Crippen LogP contribution in [0.2, 0.25) is 0 Å². The zero-order chi connectivity index (χ0) is 17.8. The van der Waals surface area contributed by atoms with Gasteiger partial charge in [0.15, 0.2) is 0 Å². The van der Waals surface area contributed by atoms with Crippen LogP contribution in [0.5, 0.6) is 5.75 Å². The highest BCUT2D eigenvalue weighted by molar-refractivity contribution is 5.67. The number of rotatable bonds is 5. The van der Waals surface area contributed by atoms with Crippen molar-refractivity contribution in [3.05, 3.63) is 35.9 Å². The highest BCUT2D eigenvalue weighted by Crippen LogP contribution is 2.29. The van der Waals surface area contributed by atoms with Gasteiger partial charge in [-0.05, 0) is 44.7 Å². The molecule has 0 bridgehead atoms. The quantitative estimate of drug-likeness (QED) is 0.889. The minimum absolute atomic E-state index is 0.292. The van der Waals surface area contributed by atoms with Gasteiger partial charge in [-0.15, -0.1) is 0 Å². The second-order valence-corrected chi connectivity index (χ2v) is 6.40. The first-order valence-electron chi connectivity index (χ1n) is 8.57. The number of halogens is 1. The first kappa shape index (κ1) is 17.6. The molecule has 0 spiro atoms. The fourth-order valence-electron chi connectivity index (χ4n) is 3.31. The molecule has 6 heteroatoms. The molecule has 25 heavy (non-hydrogen) atoms. The maximum absolute atomic E-state index is 14.3. The molecule has 2 atom stereocenters. The molecule has 0 aliphatic heterocycles. The number of benzene rings is 1. The summed E-state index contributed by atoms with van der Waals surface area (Å²) in [5.74, 6) is 0.724. The van der Waals surface area contributed by atoms with Gasteiger partial charge >= 0.3 is 0 Å². The lowest BCUT2D eigenvalue weighted by Gasteiger charge is -2.28. The van der Waals surface area contributed by atoms with Crippen molar-refractivity contribution in [3.8, 4) is 16.9 Å². The number of aryl methyl sites for hydroxylation is 1. The Morgan fingerprint density at radius 1 is 1.20 bits per heavy atom. The molecule has 1 aromatic carbocycles. The molecular formula is C19H24FN3O2. The van der Waals surface area contributed by atoms with Gasteiger partial charge in [0.2, 0.25) is 5.95 Å². The van der Waals surface area contributed by atoms with E-state index in [1.807, 2.05) is 6.92 Å². The fraction of sp³-hybridized carbons (Fsp3) is 0.474. The number of methoxy groups -OCH3 is 2. The molecule has 2 unspecified atom stereocenters. The number of hydrogen-bond acceptors (Lipinski definition) is 5. The van der Waals surface area contributed by atoms with Crippen molar-refractivity contribution in [2.45, 2.75) is 44.8 Å². The van der Waals surface area contributed by atoms with Gasteiger partial charge in [0.1, 0.15) is 11.6 Å². The Labute approximate surface area is 147 Å². The van der Waals surface area contributed by atoms with E-state index >= 15 is 0 Å². The van der Waals surface area contributed by atoms with Gasteiger partial charge in [-0.3, -0.25) is 0 Å². The average Bonchev–Trinajstić information content (AvgIpc) is 2.62. The third-order valence-corrected chi connectivity index (χ3v) is 4.74. The molecule has 3 rings (SSSR count). The summed E-state index contributed by atoms with van der Waals surface area (Å²) in [6.45, 7) is 1.87. The van der Waals surface area contributed by atoms with Crippen LogP contribution in [-0.2, 0) is 4.74 Å². The molecule has 2 aromatic rings. The first-order chi connectivity index (χ1) is 12.1. The van der Waals surface area contributed by atoms with Crippen molar-refractivity contribution >= 4 is 5.95 Å². The van der Waals surface area contributed by atoms with Gasteiger partial charge in [0, 0.05) is 36.5 Å². The SMILES string of the molecule is COc1ccc(-c2cnc(NC3CCCC(OC)C3)nc2C)c(F)c1. The zero-order valence-corrected chi connectivity index (χ0v) is 14.9. The Morgan fingerprint density at radius 3 is 2.72 bits per heavy atom. The molecule has 0 amide bonds. The van der Waals surface area contributed by atoms with Crippen LogP contribution in [0.25, 0.3) is 11.1 Å². The van der Waals surface area contributed by atoms with Crippen molar-refractivity contribution in [2.24, 2.45) is 0 Å². The third-order valence-electron chi connectivity index (χ3n) is 4.74. The van der Waals surface area contributed by atoms with Gasteiger partial charge < -0.3 is 14.8 Å². The smallest absolute Gasteiger partial charge is 0.223 e. The number of nitrogens with one attached hydrogen (secondary N) is 1. The molecule has 1 saturated carbocycles. The number of hydrogen-bond donors (Lipinski definition) is 1. The van der Waals surface area contributed by atoms with Crippen molar-refractivity contribution < 1.29 is 13.9 Å². The van der Waals surface area contributed by atoms with Crippen LogP contribution < -0.4 is 10.1 Å². The zero-order valence-electron chi connectivity index (χ0n) is 14.9. The van der Waals surface area contributed by atoms with Gasteiger partial charge in [-0.1, -0.05) is 0 Å². The summed E-state index contributed by atoms with van der Waals surface area (Å²) in [4.78, 5) is 8.90. The number of anilines is 1. The summed E-state index contributed by atoms with van der Waals surface area (Å²) in [6, 6.07) is 5.10. The van der Waals surface area contributed by atoms with Crippen molar-refractivity contribution in [2.75, 3.05) is 19.5 Å². The molecule has 0 saturated heterocycles. The monoisotopic (exact) mass is 345 g/mol. The van der Waals surface area contributed by atoms with E-state index in [0.717, 1.165) is 31.4 Å². The number of ether oxygens (including phenoxy) is 2. The van der Waals surface area contributed by atoms with Crippen LogP contribution in [0.1, 0.15) is 31.4 Å². The van der Waals surface area contributed by atoms with Gasteiger partial charge in [0.25, 0.3) is 0 Å². The average molecular weight is 345 g/mol. The summed E-state index contributed by atoms with van der Waals surface area (Å²) >= 11 is 0. The van der Waals surface area contributed by atoms with Crippen LogP contribution in [0.3, 0.4) is 0 Å². The minimum Gasteiger partial charge on any atom is -0.497 e. The van der Waals surface area contributed by atoms with Gasteiger partial charge in [-0.2, -0.15) is 0 Å². The summed E-state index contributed by atoms with van der Waals surface area (Å²) < 4.78 is 24.8. The van der Waals surface area contributed by atoms with E-state index in [-0.39, 0.29) is 5.82 Å². The Balaban J connectivity index is 1.77. The second-order valence-electron chi connectivity index (χ2n) is 6.40. The van der Waals surface area contributed by atoms with Crippen LogP contribution in [-0.4, -0.2) is 36.3 Å². The largest absolute Gasteiger partial charge is 0.497 e. The van der Waals surface area contributed by atoms with Crippen molar-refractivity contribution in [1.82, 2.24) is 9.97 Å². The standard InChI is InChI=1S/C19H24FN3O2/c1-12-17(16-8-7-15(25-3)10-18(16)20)11-21-19(22-12)23-13-5-4-6-14(9-13)24-2/h7-8,10-11,13-14H,4-6,9H2,1-3H3,(H,21,22,23). The van der Waals surface area contributed by atoms with Gasteiger partial charge in [0.05, 0.1) is 18.9 Å².